The van der Waals surface area contributed by atoms with E-state index in [0.29, 0.717) is 5.02 Å². The Labute approximate surface area is 117 Å². The average Bonchev–Trinajstić information content (AvgIpc) is 2.81. The van der Waals surface area contributed by atoms with Gasteiger partial charge in [-0.1, -0.05) is 18.5 Å². The highest BCUT2D eigenvalue weighted by Crippen LogP contribution is 2.28. The van der Waals surface area contributed by atoms with Gasteiger partial charge in [-0.3, -0.25) is 0 Å². The number of pyridine rings is 1. The van der Waals surface area contributed by atoms with Crippen molar-refractivity contribution >= 4 is 44.7 Å². The monoisotopic (exact) mass is 331 g/mol. The van der Waals surface area contributed by atoms with Crippen LogP contribution in [0.3, 0.4) is 0 Å². The molecule has 90 valence electrons. The van der Waals surface area contributed by atoms with Crippen LogP contribution >= 0.6 is 38.9 Å². The number of nitrogens with zero attached hydrogens (tertiary/aromatic N) is 2. The quantitative estimate of drug-likeness (QED) is 0.894. The zero-order chi connectivity index (χ0) is 12.3. The third-order valence-corrected chi connectivity index (χ3v) is 3.98. The van der Waals surface area contributed by atoms with Crippen LogP contribution in [0.2, 0.25) is 5.02 Å². The topological polar surface area (TPSA) is 37.8 Å². The molecule has 2 rings (SSSR count). The second-order valence-electron chi connectivity index (χ2n) is 3.46. The largest absolute Gasteiger partial charge is 0.360 e. The smallest absolute Gasteiger partial charge is 0.140 e. The minimum absolute atomic E-state index is 0.181. The van der Waals surface area contributed by atoms with E-state index in [9.17, 15) is 0 Å². The summed E-state index contributed by atoms with van der Waals surface area (Å²) in [6, 6.07) is 2.01. The Bertz CT molecular complexity index is 489. The van der Waals surface area contributed by atoms with Gasteiger partial charge in [-0.05, 0) is 28.4 Å². The van der Waals surface area contributed by atoms with Crippen molar-refractivity contribution in [1.29, 1.82) is 0 Å². The molecule has 0 amide bonds. The first-order valence-electron chi connectivity index (χ1n) is 5.17. The number of aromatic nitrogens is 2. The van der Waals surface area contributed by atoms with E-state index in [1.807, 2.05) is 17.6 Å². The summed E-state index contributed by atoms with van der Waals surface area (Å²) in [6.07, 6.45) is 4.39. The molecule has 2 aromatic rings. The molecule has 1 atom stereocenters. The van der Waals surface area contributed by atoms with Crippen molar-refractivity contribution in [2.45, 2.75) is 19.4 Å². The first-order chi connectivity index (χ1) is 8.20. The molecule has 1 unspecified atom stereocenters. The zero-order valence-electron chi connectivity index (χ0n) is 9.15. The van der Waals surface area contributed by atoms with Gasteiger partial charge in [-0.25, -0.2) is 9.97 Å². The Morgan fingerprint density at radius 3 is 2.94 bits per heavy atom. The molecule has 0 aromatic carbocycles. The highest BCUT2D eigenvalue weighted by Gasteiger charge is 2.13. The minimum atomic E-state index is 0.181. The second kappa shape index (κ2) is 5.80. The molecule has 6 heteroatoms. The maximum absolute atomic E-state index is 5.86. The third kappa shape index (κ3) is 3.18. The Balaban J connectivity index is 2.19. The Morgan fingerprint density at radius 1 is 1.53 bits per heavy atom. The summed E-state index contributed by atoms with van der Waals surface area (Å²) >= 11 is 10.9. The Morgan fingerprint density at radius 2 is 2.35 bits per heavy atom. The van der Waals surface area contributed by atoms with Crippen LogP contribution in [0.1, 0.15) is 24.4 Å². The van der Waals surface area contributed by atoms with Gasteiger partial charge in [0.25, 0.3) is 0 Å². The van der Waals surface area contributed by atoms with Crippen molar-refractivity contribution in [2.24, 2.45) is 0 Å². The first kappa shape index (κ1) is 12.8. The standard InChI is InChI=1S/C11H11BrClN3S/c1-2-9(11-14-3-4-17-11)16-10-8(12)5-7(13)6-15-10/h3-6,9H,2H2,1H3,(H,15,16). The van der Waals surface area contributed by atoms with E-state index in [2.05, 4.69) is 38.1 Å². The lowest BCUT2D eigenvalue weighted by Gasteiger charge is -2.16. The number of rotatable bonds is 4. The highest BCUT2D eigenvalue weighted by molar-refractivity contribution is 9.10. The van der Waals surface area contributed by atoms with Crippen LogP contribution in [-0.4, -0.2) is 9.97 Å². The molecule has 0 spiro atoms. The molecule has 3 nitrogen and oxygen atoms in total. The van der Waals surface area contributed by atoms with Crippen molar-refractivity contribution in [3.05, 3.63) is 38.3 Å². The number of thiazole rings is 1. The molecule has 2 heterocycles. The van der Waals surface area contributed by atoms with Crippen LogP contribution in [0.4, 0.5) is 5.82 Å². The lowest BCUT2D eigenvalue weighted by atomic mass is 10.2. The lowest BCUT2D eigenvalue weighted by molar-refractivity contribution is 0.737. The Hall–Kier alpha value is -0.650. The van der Waals surface area contributed by atoms with Crippen molar-refractivity contribution < 1.29 is 0 Å². The predicted molar refractivity (Wildman–Crippen MR) is 75.7 cm³/mol. The Kier molecular flexibility index (Phi) is 4.36. The van der Waals surface area contributed by atoms with Gasteiger partial charge in [0.1, 0.15) is 10.8 Å². The van der Waals surface area contributed by atoms with Crippen molar-refractivity contribution in [3.8, 4) is 0 Å². The summed E-state index contributed by atoms with van der Waals surface area (Å²) in [5, 5.41) is 7.02. The fraction of sp³-hybridized carbons (Fsp3) is 0.273. The molecule has 0 fully saturated rings. The van der Waals surface area contributed by atoms with Gasteiger partial charge in [0.15, 0.2) is 0 Å². The summed E-state index contributed by atoms with van der Waals surface area (Å²) < 4.78 is 0.861. The van der Waals surface area contributed by atoms with E-state index in [-0.39, 0.29) is 6.04 Å². The molecule has 0 aliphatic carbocycles. The van der Waals surface area contributed by atoms with Gasteiger partial charge in [0, 0.05) is 17.8 Å². The number of hydrogen-bond acceptors (Lipinski definition) is 4. The maximum Gasteiger partial charge on any atom is 0.140 e. The van der Waals surface area contributed by atoms with E-state index in [1.54, 1.807) is 17.5 Å². The van der Waals surface area contributed by atoms with Crippen LogP contribution in [0.5, 0.6) is 0 Å². The van der Waals surface area contributed by atoms with Gasteiger partial charge in [-0.15, -0.1) is 11.3 Å². The predicted octanol–water partition coefficient (Wildman–Crippen LogP) is 4.52. The number of halogens is 2. The summed E-state index contributed by atoms with van der Waals surface area (Å²) in [7, 11) is 0. The van der Waals surface area contributed by atoms with Crippen LogP contribution < -0.4 is 5.32 Å². The molecule has 0 aliphatic heterocycles. The maximum atomic E-state index is 5.86. The summed E-state index contributed by atoms with van der Waals surface area (Å²) in [5.41, 5.74) is 0. The van der Waals surface area contributed by atoms with Crippen LogP contribution in [0, 0.1) is 0 Å². The summed E-state index contributed by atoms with van der Waals surface area (Å²) in [5.74, 6) is 0.788. The summed E-state index contributed by atoms with van der Waals surface area (Å²) in [6.45, 7) is 2.11. The molecule has 0 radical (unpaired) electrons. The number of nitrogens with one attached hydrogen (secondary N) is 1. The molecular formula is C11H11BrClN3S. The number of hydrogen-bond donors (Lipinski definition) is 1. The van der Waals surface area contributed by atoms with Crippen LogP contribution in [-0.2, 0) is 0 Å². The fourth-order valence-electron chi connectivity index (χ4n) is 1.43. The second-order valence-corrected chi connectivity index (χ2v) is 5.68. The van der Waals surface area contributed by atoms with Crippen molar-refractivity contribution in [2.75, 3.05) is 5.32 Å². The third-order valence-electron chi connectivity index (χ3n) is 2.28. The van der Waals surface area contributed by atoms with E-state index in [4.69, 9.17) is 11.6 Å². The zero-order valence-corrected chi connectivity index (χ0v) is 12.3. The molecule has 1 N–H and O–H groups in total. The van der Waals surface area contributed by atoms with Gasteiger partial charge >= 0.3 is 0 Å². The lowest BCUT2D eigenvalue weighted by Crippen LogP contribution is -2.10. The summed E-state index contributed by atoms with van der Waals surface area (Å²) in [4.78, 5) is 8.58. The van der Waals surface area contributed by atoms with Gasteiger partial charge in [0.05, 0.1) is 15.5 Å². The molecule has 2 aromatic heterocycles. The minimum Gasteiger partial charge on any atom is -0.360 e. The van der Waals surface area contributed by atoms with Gasteiger partial charge in [-0.2, -0.15) is 0 Å². The van der Waals surface area contributed by atoms with Gasteiger partial charge < -0.3 is 5.32 Å². The van der Waals surface area contributed by atoms with Gasteiger partial charge in [0.2, 0.25) is 0 Å². The van der Waals surface area contributed by atoms with E-state index < -0.39 is 0 Å². The molecule has 0 bridgehead atoms. The highest BCUT2D eigenvalue weighted by atomic mass is 79.9. The average molecular weight is 333 g/mol. The van der Waals surface area contributed by atoms with E-state index in [0.717, 1.165) is 21.7 Å². The molecule has 0 aliphatic rings. The number of anilines is 1. The van der Waals surface area contributed by atoms with Crippen LogP contribution in [0.15, 0.2) is 28.3 Å². The molecule has 0 saturated heterocycles. The SMILES string of the molecule is CCC(Nc1ncc(Cl)cc1Br)c1nccs1. The first-order valence-corrected chi connectivity index (χ1v) is 7.22. The normalized spacial score (nSPS) is 12.4. The van der Waals surface area contributed by atoms with E-state index in [1.165, 1.54) is 0 Å². The van der Waals surface area contributed by atoms with Crippen LogP contribution in [0.25, 0.3) is 0 Å². The molecular weight excluding hydrogens is 322 g/mol. The fourth-order valence-corrected chi connectivity index (χ4v) is 2.96. The van der Waals surface area contributed by atoms with Crippen molar-refractivity contribution in [1.82, 2.24) is 9.97 Å². The molecule has 0 saturated carbocycles. The van der Waals surface area contributed by atoms with Crippen molar-refractivity contribution in [3.63, 3.8) is 0 Å². The molecule has 17 heavy (non-hydrogen) atoms. The van der Waals surface area contributed by atoms with E-state index >= 15 is 0 Å².